The lowest BCUT2D eigenvalue weighted by molar-refractivity contribution is -0.120. The Hall–Kier alpha value is -1.15. The Labute approximate surface area is 116 Å². The average Bonchev–Trinajstić information content (AvgIpc) is 2.31. The number of halogens is 1. The van der Waals surface area contributed by atoms with Crippen LogP contribution in [0.2, 0.25) is 5.02 Å². The first-order valence-corrected chi connectivity index (χ1v) is 7.47. The van der Waals surface area contributed by atoms with Gasteiger partial charge in [-0.3, -0.25) is 4.79 Å². The van der Waals surface area contributed by atoms with E-state index in [1.165, 1.54) is 18.2 Å². The predicted octanol–water partition coefficient (Wildman–Crippen LogP) is 1.35. The first-order valence-electron chi connectivity index (χ1n) is 5.54. The molecule has 0 spiro atoms. The van der Waals surface area contributed by atoms with Crippen LogP contribution in [0.1, 0.15) is 13.3 Å². The molecule has 0 bridgehead atoms. The second kappa shape index (κ2) is 6.85. The summed E-state index contributed by atoms with van der Waals surface area (Å²) in [5, 5.41) is 7.57. The number of amides is 1. The van der Waals surface area contributed by atoms with Crippen molar-refractivity contribution in [1.82, 2.24) is 0 Å². The van der Waals surface area contributed by atoms with Gasteiger partial charge < -0.3 is 10.1 Å². The number of primary sulfonamides is 1. The molecule has 19 heavy (non-hydrogen) atoms. The quantitative estimate of drug-likeness (QED) is 0.775. The summed E-state index contributed by atoms with van der Waals surface area (Å²) in [5.74, 6) is -0.362. The highest BCUT2D eigenvalue weighted by Crippen LogP contribution is 2.24. The van der Waals surface area contributed by atoms with Crippen molar-refractivity contribution >= 4 is 33.2 Å². The van der Waals surface area contributed by atoms with Crippen molar-refractivity contribution in [2.24, 2.45) is 5.14 Å². The number of nitrogens with two attached hydrogens (primary N) is 1. The molecular weight excluding hydrogens is 292 g/mol. The average molecular weight is 307 g/mol. The van der Waals surface area contributed by atoms with E-state index in [9.17, 15) is 13.2 Å². The van der Waals surface area contributed by atoms with E-state index < -0.39 is 10.0 Å². The topological polar surface area (TPSA) is 98.5 Å². The second-order valence-corrected chi connectivity index (χ2v) is 5.76. The standard InChI is InChI=1S/C11H15ClN2O4S/c1-2-5-18-7-11(15)14-10-4-3-8(6-9(10)12)19(13,16)17/h3-4,6H,2,5,7H2,1H3,(H,14,15)(H2,13,16,17). The Kier molecular flexibility index (Phi) is 5.74. The third-order valence-corrected chi connectivity index (χ3v) is 3.35. The van der Waals surface area contributed by atoms with Crippen LogP contribution in [0.25, 0.3) is 0 Å². The van der Waals surface area contributed by atoms with Crippen molar-refractivity contribution in [3.05, 3.63) is 23.2 Å². The lowest BCUT2D eigenvalue weighted by Crippen LogP contribution is -2.19. The van der Waals surface area contributed by atoms with Crippen molar-refractivity contribution in [2.75, 3.05) is 18.5 Å². The summed E-state index contributed by atoms with van der Waals surface area (Å²) in [5.41, 5.74) is 0.305. The van der Waals surface area contributed by atoms with Crippen LogP contribution >= 0.6 is 11.6 Å². The van der Waals surface area contributed by atoms with Gasteiger partial charge in [0.25, 0.3) is 0 Å². The molecule has 0 saturated heterocycles. The van der Waals surface area contributed by atoms with Gasteiger partial charge >= 0.3 is 0 Å². The summed E-state index contributed by atoms with van der Waals surface area (Å²) in [6, 6.07) is 3.82. The molecule has 0 aliphatic heterocycles. The van der Waals surface area contributed by atoms with Gasteiger partial charge in [-0.1, -0.05) is 18.5 Å². The molecule has 1 aromatic rings. The highest BCUT2D eigenvalue weighted by atomic mass is 35.5. The zero-order valence-corrected chi connectivity index (χ0v) is 11.9. The highest BCUT2D eigenvalue weighted by molar-refractivity contribution is 7.89. The number of hydrogen-bond donors (Lipinski definition) is 2. The summed E-state index contributed by atoms with van der Waals surface area (Å²) in [7, 11) is -3.81. The molecule has 0 radical (unpaired) electrons. The van der Waals surface area contributed by atoms with Gasteiger partial charge in [0, 0.05) is 6.61 Å². The van der Waals surface area contributed by atoms with Gasteiger partial charge in [0.2, 0.25) is 15.9 Å². The Morgan fingerprint density at radius 1 is 1.47 bits per heavy atom. The van der Waals surface area contributed by atoms with Crippen LogP contribution in [0.5, 0.6) is 0 Å². The fraction of sp³-hybridized carbons (Fsp3) is 0.364. The maximum Gasteiger partial charge on any atom is 0.250 e. The van der Waals surface area contributed by atoms with Gasteiger partial charge in [0.05, 0.1) is 15.6 Å². The normalized spacial score (nSPS) is 11.3. The second-order valence-electron chi connectivity index (χ2n) is 3.79. The van der Waals surface area contributed by atoms with Crippen LogP contribution in [-0.4, -0.2) is 27.5 Å². The van der Waals surface area contributed by atoms with Gasteiger partial charge in [0.15, 0.2) is 0 Å². The third kappa shape index (κ3) is 5.15. The van der Waals surface area contributed by atoms with Gasteiger partial charge in [-0.25, -0.2) is 13.6 Å². The number of anilines is 1. The van der Waals surface area contributed by atoms with Gasteiger partial charge in [-0.15, -0.1) is 0 Å². The monoisotopic (exact) mass is 306 g/mol. The van der Waals surface area contributed by atoms with Crippen LogP contribution in [0.4, 0.5) is 5.69 Å². The van der Waals surface area contributed by atoms with Crippen LogP contribution < -0.4 is 10.5 Å². The number of benzene rings is 1. The Bertz CT molecular complexity index is 560. The van der Waals surface area contributed by atoms with Crippen LogP contribution in [-0.2, 0) is 19.6 Å². The maximum absolute atomic E-state index is 11.5. The van der Waals surface area contributed by atoms with Crippen molar-refractivity contribution in [2.45, 2.75) is 18.2 Å². The van der Waals surface area contributed by atoms with E-state index in [4.69, 9.17) is 21.5 Å². The summed E-state index contributed by atoms with van der Waals surface area (Å²) < 4.78 is 27.3. The van der Waals surface area contributed by atoms with Gasteiger partial charge in [0.1, 0.15) is 6.61 Å². The Balaban J connectivity index is 2.73. The molecule has 6 nitrogen and oxygen atoms in total. The molecule has 1 rings (SSSR count). The van der Waals surface area contributed by atoms with E-state index in [0.717, 1.165) is 6.42 Å². The number of hydrogen-bond acceptors (Lipinski definition) is 4. The lowest BCUT2D eigenvalue weighted by Gasteiger charge is -2.08. The molecule has 0 aromatic heterocycles. The number of carbonyl (C=O) groups excluding carboxylic acids is 1. The first-order chi connectivity index (χ1) is 8.84. The minimum atomic E-state index is -3.81. The SMILES string of the molecule is CCCOCC(=O)Nc1ccc(S(N)(=O)=O)cc1Cl. The largest absolute Gasteiger partial charge is 0.372 e. The molecule has 0 saturated carbocycles. The van der Waals surface area contributed by atoms with Crippen molar-refractivity contribution in [3.8, 4) is 0 Å². The molecule has 0 aliphatic carbocycles. The molecule has 1 amide bonds. The molecule has 106 valence electrons. The van der Waals surface area contributed by atoms with E-state index in [1.54, 1.807) is 0 Å². The molecule has 0 aliphatic rings. The van der Waals surface area contributed by atoms with Crippen molar-refractivity contribution < 1.29 is 17.9 Å². The minimum Gasteiger partial charge on any atom is -0.372 e. The van der Waals surface area contributed by atoms with Crippen LogP contribution in [0, 0.1) is 0 Å². The first kappa shape index (κ1) is 15.9. The smallest absolute Gasteiger partial charge is 0.250 e. The number of sulfonamides is 1. The molecule has 3 N–H and O–H groups in total. The zero-order valence-electron chi connectivity index (χ0n) is 10.3. The van der Waals surface area contributed by atoms with Gasteiger partial charge in [-0.05, 0) is 24.6 Å². The van der Waals surface area contributed by atoms with E-state index in [2.05, 4.69) is 5.32 Å². The predicted molar refractivity (Wildman–Crippen MR) is 72.6 cm³/mol. The zero-order chi connectivity index (χ0) is 14.5. The molecule has 0 fully saturated rings. The molecule has 0 atom stereocenters. The number of nitrogens with one attached hydrogen (secondary N) is 1. The Morgan fingerprint density at radius 2 is 2.16 bits per heavy atom. The van der Waals surface area contributed by atoms with Crippen LogP contribution in [0.15, 0.2) is 23.1 Å². The lowest BCUT2D eigenvalue weighted by atomic mass is 10.3. The summed E-state index contributed by atoms with van der Waals surface area (Å²) in [4.78, 5) is 11.4. The Morgan fingerprint density at radius 3 is 2.68 bits per heavy atom. The molecular formula is C11H15ClN2O4S. The fourth-order valence-corrected chi connectivity index (χ4v) is 2.10. The molecule has 1 aromatic carbocycles. The third-order valence-electron chi connectivity index (χ3n) is 2.12. The number of rotatable bonds is 6. The van der Waals surface area contributed by atoms with E-state index >= 15 is 0 Å². The van der Waals surface area contributed by atoms with Crippen LogP contribution in [0.3, 0.4) is 0 Å². The van der Waals surface area contributed by atoms with Gasteiger partial charge in [-0.2, -0.15) is 0 Å². The summed E-state index contributed by atoms with van der Waals surface area (Å²) >= 11 is 5.87. The summed E-state index contributed by atoms with van der Waals surface area (Å²) in [6.45, 7) is 2.34. The fourth-order valence-electron chi connectivity index (χ4n) is 1.27. The molecule has 8 heteroatoms. The maximum atomic E-state index is 11.5. The minimum absolute atomic E-state index is 0.0822. The molecule has 0 heterocycles. The van der Waals surface area contributed by atoms with E-state index in [0.29, 0.717) is 12.3 Å². The summed E-state index contributed by atoms with van der Waals surface area (Å²) in [6.07, 6.45) is 0.817. The highest BCUT2D eigenvalue weighted by Gasteiger charge is 2.12. The number of carbonyl (C=O) groups is 1. The van der Waals surface area contributed by atoms with E-state index in [-0.39, 0.29) is 22.4 Å². The van der Waals surface area contributed by atoms with E-state index in [1.807, 2.05) is 6.92 Å². The van der Waals surface area contributed by atoms with Crippen molar-refractivity contribution in [3.63, 3.8) is 0 Å². The molecule has 0 unspecified atom stereocenters. The van der Waals surface area contributed by atoms with Crippen molar-refractivity contribution in [1.29, 1.82) is 0 Å². The number of ether oxygens (including phenoxy) is 1.